The van der Waals surface area contributed by atoms with Gasteiger partial charge in [-0.3, -0.25) is 13.8 Å². The van der Waals surface area contributed by atoms with Gasteiger partial charge in [0.2, 0.25) is 5.78 Å². The van der Waals surface area contributed by atoms with Gasteiger partial charge in [0.15, 0.2) is 7.85 Å². The first-order valence-electron chi connectivity index (χ1n) is 11.0. The number of fused-ring (bicyclic) bond motifs is 2. The van der Waals surface area contributed by atoms with E-state index in [0.29, 0.717) is 23.2 Å². The lowest BCUT2D eigenvalue weighted by molar-refractivity contribution is 0.0919. The second-order valence-electron chi connectivity index (χ2n) is 8.72. The summed E-state index contributed by atoms with van der Waals surface area (Å²) in [6, 6.07) is 2.21. The van der Waals surface area contributed by atoms with Gasteiger partial charge in [0, 0.05) is 37.1 Å². The third kappa shape index (κ3) is 4.16. The second kappa shape index (κ2) is 8.32. The fraction of sp³-hybridized carbons (Fsp3) is 0.429. The zero-order valence-electron chi connectivity index (χ0n) is 18.0. The molecule has 0 spiro atoms. The average molecular weight is 453 g/mol. The molecular formula is C21H26BFN7OP. The van der Waals surface area contributed by atoms with E-state index in [9.17, 15) is 9.18 Å². The van der Waals surface area contributed by atoms with E-state index in [1.165, 1.54) is 7.85 Å². The SMILES string of the molecule is BC(F)(P)c1cn2c(n1)CCC=C2NC1CCC(NC(=O)c2cnc3ncccn23)CC1. The molecule has 0 bridgehead atoms. The van der Waals surface area contributed by atoms with E-state index in [1.807, 2.05) is 4.57 Å². The van der Waals surface area contributed by atoms with Gasteiger partial charge in [-0.1, -0.05) is 0 Å². The van der Waals surface area contributed by atoms with Crippen LogP contribution in [0, 0.1) is 0 Å². The molecule has 32 heavy (non-hydrogen) atoms. The predicted octanol–water partition coefficient (Wildman–Crippen LogP) is 1.59. The van der Waals surface area contributed by atoms with E-state index in [0.717, 1.165) is 50.2 Å². The molecule has 3 aromatic heterocycles. The standard InChI is InChI=1S/C21H26BFN7OP/c22-21(23,32)16-12-30-17(3-1-4-18(30)28-16)26-13-5-7-14(8-6-13)27-19(31)15-11-25-20-24-9-2-10-29(15)20/h2-3,9-14,26H,1,4-8,22,32H2,(H,27,31). The molecule has 1 aliphatic carbocycles. The number of carbonyl (C=O) groups is 1. The lowest BCUT2D eigenvalue weighted by Crippen LogP contribution is -2.42. The number of hydrogen-bond acceptors (Lipinski definition) is 5. The van der Waals surface area contributed by atoms with Gasteiger partial charge in [0.25, 0.3) is 5.91 Å². The number of carbonyl (C=O) groups excluding carboxylic acids is 1. The van der Waals surface area contributed by atoms with Gasteiger partial charge in [-0.2, -0.15) is 0 Å². The Balaban J connectivity index is 1.18. The molecule has 11 heteroatoms. The minimum absolute atomic E-state index is 0.126. The van der Waals surface area contributed by atoms with Crippen LogP contribution in [0.15, 0.2) is 36.9 Å². The smallest absolute Gasteiger partial charge is 0.270 e. The molecule has 1 saturated carbocycles. The van der Waals surface area contributed by atoms with E-state index >= 15 is 0 Å². The number of aryl methyl sites for hydroxylation is 1. The molecule has 2 unspecified atom stereocenters. The summed E-state index contributed by atoms with van der Waals surface area (Å²) in [5, 5.41) is 5.23. The maximum atomic E-state index is 14.3. The number of rotatable bonds is 5. The van der Waals surface area contributed by atoms with Gasteiger partial charge in [-0.15, -0.1) is 9.24 Å². The number of hydrogen-bond donors (Lipinski definition) is 2. The second-order valence-corrected chi connectivity index (χ2v) is 9.80. The van der Waals surface area contributed by atoms with Crippen LogP contribution < -0.4 is 10.6 Å². The van der Waals surface area contributed by atoms with Crippen molar-refractivity contribution in [3.05, 3.63) is 54.1 Å². The van der Waals surface area contributed by atoms with Gasteiger partial charge in [0.1, 0.15) is 22.6 Å². The van der Waals surface area contributed by atoms with Gasteiger partial charge in [-0.25, -0.2) is 19.3 Å². The lowest BCUT2D eigenvalue weighted by Gasteiger charge is -2.32. The van der Waals surface area contributed by atoms with Gasteiger partial charge in [0.05, 0.1) is 11.9 Å². The van der Waals surface area contributed by atoms with Crippen LogP contribution in [0.4, 0.5) is 4.39 Å². The summed E-state index contributed by atoms with van der Waals surface area (Å²) in [4.78, 5) is 25.6. The number of imidazole rings is 2. The minimum atomic E-state index is -1.54. The molecule has 4 heterocycles. The largest absolute Gasteiger partial charge is 0.369 e. The molecule has 1 aliphatic heterocycles. The van der Waals surface area contributed by atoms with Gasteiger partial charge < -0.3 is 10.6 Å². The van der Waals surface area contributed by atoms with Crippen molar-refractivity contribution >= 4 is 34.6 Å². The molecule has 2 aliphatic rings. The maximum Gasteiger partial charge on any atom is 0.270 e. The molecule has 3 aromatic rings. The molecular weight excluding hydrogens is 427 g/mol. The normalized spacial score (nSPS) is 22.6. The van der Waals surface area contributed by atoms with Crippen molar-refractivity contribution in [2.24, 2.45) is 0 Å². The number of allylic oxidation sites excluding steroid dienone is 1. The Morgan fingerprint density at radius 2 is 2.03 bits per heavy atom. The van der Waals surface area contributed by atoms with Crippen LogP contribution in [0.1, 0.15) is 54.1 Å². The molecule has 166 valence electrons. The molecule has 0 radical (unpaired) electrons. The quantitative estimate of drug-likeness (QED) is 0.453. The number of aromatic nitrogens is 5. The number of alkyl halides is 1. The summed E-state index contributed by atoms with van der Waals surface area (Å²) in [6.07, 6.45) is 14.3. The van der Waals surface area contributed by atoms with Crippen molar-refractivity contribution in [2.75, 3.05) is 0 Å². The Labute approximate surface area is 188 Å². The van der Waals surface area contributed by atoms with Crippen LogP contribution >= 0.6 is 9.24 Å². The summed E-state index contributed by atoms with van der Waals surface area (Å²) in [5.74, 6) is 2.26. The monoisotopic (exact) mass is 453 g/mol. The molecule has 2 N–H and O–H groups in total. The third-order valence-electron chi connectivity index (χ3n) is 6.18. The Hall–Kier alpha value is -2.74. The van der Waals surface area contributed by atoms with E-state index in [1.54, 1.807) is 35.3 Å². The van der Waals surface area contributed by atoms with Crippen LogP contribution in [-0.4, -0.2) is 49.8 Å². The van der Waals surface area contributed by atoms with Gasteiger partial charge >= 0.3 is 0 Å². The summed E-state index contributed by atoms with van der Waals surface area (Å²) in [7, 11) is 3.72. The van der Waals surface area contributed by atoms with Crippen molar-refractivity contribution in [1.29, 1.82) is 0 Å². The number of amides is 1. The zero-order valence-corrected chi connectivity index (χ0v) is 19.1. The minimum Gasteiger partial charge on any atom is -0.369 e. The first kappa shape index (κ1) is 21.1. The van der Waals surface area contributed by atoms with Crippen LogP contribution in [0.2, 0.25) is 0 Å². The summed E-state index contributed by atoms with van der Waals surface area (Å²) < 4.78 is 18.0. The molecule has 1 fully saturated rings. The van der Waals surface area contributed by atoms with E-state index in [-0.39, 0.29) is 11.9 Å². The maximum absolute atomic E-state index is 14.3. The first-order valence-corrected chi connectivity index (χ1v) is 11.6. The Morgan fingerprint density at radius 1 is 1.25 bits per heavy atom. The summed E-state index contributed by atoms with van der Waals surface area (Å²) in [6.45, 7) is 0. The highest BCUT2D eigenvalue weighted by molar-refractivity contribution is 7.21. The third-order valence-corrected chi connectivity index (χ3v) is 6.48. The van der Waals surface area contributed by atoms with E-state index in [4.69, 9.17) is 0 Å². The molecule has 2 atom stereocenters. The highest BCUT2D eigenvalue weighted by atomic mass is 31.0. The van der Waals surface area contributed by atoms with Crippen LogP contribution in [0.25, 0.3) is 11.6 Å². The summed E-state index contributed by atoms with van der Waals surface area (Å²) >= 11 is 0. The zero-order chi connectivity index (χ0) is 22.3. The van der Waals surface area contributed by atoms with E-state index < -0.39 is 5.31 Å². The van der Waals surface area contributed by atoms with Crippen LogP contribution in [0.3, 0.4) is 0 Å². The number of halogens is 1. The van der Waals surface area contributed by atoms with Gasteiger partial charge in [-0.05, 0) is 44.2 Å². The van der Waals surface area contributed by atoms with Crippen molar-refractivity contribution in [2.45, 2.75) is 55.9 Å². The fourth-order valence-corrected chi connectivity index (χ4v) is 4.59. The fourth-order valence-electron chi connectivity index (χ4n) is 4.45. The van der Waals surface area contributed by atoms with Crippen molar-refractivity contribution < 1.29 is 9.18 Å². The number of nitrogens with one attached hydrogen (secondary N) is 2. The average Bonchev–Trinajstić information content (AvgIpc) is 3.40. The van der Waals surface area contributed by atoms with Crippen LogP contribution in [0.5, 0.6) is 0 Å². The lowest BCUT2D eigenvalue weighted by atomic mass is 9.91. The highest BCUT2D eigenvalue weighted by Crippen LogP contribution is 2.31. The predicted molar refractivity (Wildman–Crippen MR) is 125 cm³/mol. The van der Waals surface area contributed by atoms with Crippen molar-refractivity contribution in [3.8, 4) is 0 Å². The first-order chi connectivity index (χ1) is 15.4. The topological polar surface area (TPSA) is 89.1 Å². The molecule has 1 amide bonds. The molecule has 0 saturated heterocycles. The van der Waals surface area contributed by atoms with Crippen LogP contribution in [-0.2, 0) is 11.7 Å². The Morgan fingerprint density at radius 3 is 2.81 bits per heavy atom. The molecule has 8 nitrogen and oxygen atoms in total. The highest BCUT2D eigenvalue weighted by Gasteiger charge is 2.28. The number of nitrogens with zero attached hydrogens (tertiary/aromatic N) is 5. The molecule has 0 aromatic carbocycles. The Kier molecular flexibility index (Phi) is 5.49. The Bertz CT molecular complexity index is 1180. The van der Waals surface area contributed by atoms with Crippen molar-refractivity contribution in [3.63, 3.8) is 0 Å². The van der Waals surface area contributed by atoms with Crippen molar-refractivity contribution in [1.82, 2.24) is 34.6 Å². The molecule has 5 rings (SSSR count). The van der Waals surface area contributed by atoms with E-state index in [2.05, 4.69) is 40.9 Å². The summed E-state index contributed by atoms with van der Waals surface area (Å²) in [5.41, 5.74) is 0.930.